The molecule has 0 spiro atoms. The number of hydrogen-bond acceptors (Lipinski definition) is 4. The Morgan fingerprint density at radius 2 is 2.24 bits per heavy atom. The Morgan fingerprint density at radius 3 is 2.86 bits per heavy atom. The van der Waals surface area contributed by atoms with Crippen LogP contribution in [0.2, 0.25) is 0 Å². The molecule has 0 aromatic heterocycles. The van der Waals surface area contributed by atoms with E-state index in [1.165, 1.54) is 12.1 Å². The van der Waals surface area contributed by atoms with E-state index in [4.69, 9.17) is 4.74 Å². The van der Waals surface area contributed by atoms with Gasteiger partial charge in [0.05, 0.1) is 11.0 Å². The van der Waals surface area contributed by atoms with Crippen molar-refractivity contribution in [2.45, 2.75) is 50.2 Å². The molecule has 1 aliphatic rings. The molecule has 1 N–H and O–H groups in total. The molecule has 0 bridgehead atoms. The van der Waals surface area contributed by atoms with E-state index in [1.54, 1.807) is 26.0 Å². The van der Waals surface area contributed by atoms with E-state index in [1.807, 2.05) is 0 Å². The molecule has 1 heterocycles. The number of nitrogens with one attached hydrogen (secondary N) is 1. The Morgan fingerprint density at radius 1 is 1.48 bits per heavy atom. The van der Waals surface area contributed by atoms with Gasteiger partial charge in [0.1, 0.15) is 0 Å². The molecule has 5 nitrogen and oxygen atoms in total. The zero-order chi connectivity index (χ0) is 15.5. The first-order valence-corrected chi connectivity index (χ1v) is 8.69. The Hall–Kier alpha value is -1.24. The normalized spacial score (nSPS) is 20.4. The molecule has 116 valence electrons. The van der Waals surface area contributed by atoms with Crippen LogP contribution in [0.25, 0.3) is 0 Å². The van der Waals surface area contributed by atoms with Gasteiger partial charge in [-0.2, -0.15) is 0 Å². The van der Waals surface area contributed by atoms with Crippen LogP contribution in [0.4, 0.5) is 0 Å². The fourth-order valence-electron chi connectivity index (χ4n) is 2.43. The van der Waals surface area contributed by atoms with E-state index in [9.17, 15) is 13.2 Å². The molecule has 2 rings (SSSR count). The van der Waals surface area contributed by atoms with E-state index in [0.717, 1.165) is 12.8 Å². The molecule has 1 fully saturated rings. The molecule has 0 saturated carbocycles. The van der Waals surface area contributed by atoms with Crippen LogP contribution in [0.15, 0.2) is 29.2 Å². The van der Waals surface area contributed by atoms with Crippen molar-refractivity contribution >= 4 is 15.8 Å². The van der Waals surface area contributed by atoms with Crippen molar-refractivity contribution in [2.75, 3.05) is 6.61 Å². The number of ether oxygens (including phenoxy) is 1. The first-order valence-electron chi connectivity index (χ1n) is 7.21. The molecule has 0 radical (unpaired) electrons. The van der Waals surface area contributed by atoms with Gasteiger partial charge in [0.25, 0.3) is 0 Å². The molecule has 1 aromatic rings. The zero-order valence-corrected chi connectivity index (χ0v) is 13.2. The molecule has 1 aliphatic heterocycles. The van der Waals surface area contributed by atoms with E-state index < -0.39 is 10.0 Å². The van der Waals surface area contributed by atoms with Gasteiger partial charge in [-0.25, -0.2) is 13.1 Å². The maximum absolute atomic E-state index is 12.4. The summed E-state index contributed by atoms with van der Waals surface area (Å²) in [6.07, 6.45) is 2.08. The lowest BCUT2D eigenvalue weighted by Crippen LogP contribution is -2.40. The van der Waals surface area contributed by atoms with Gasteiger partial charge in [0, 0.05) is 24.6 Å². The third kappa shape index (κ3) is 3.90. The van der Waals surface area contributed by atoms with Crippen molar-refractivity contribution in [3.05, 3.63) is 29.8 Å². The van der Waals surface area contributed by atoms with Crippen LogP contribution in [0.1, 0.15) is 43.5 Å². The van der Waals surface area contributed by atoms with Gasteiger partial charge in [0.2, 0.25) is 10.0 Å². The molecular weight excluding hydrogens is 290 g/mol. The summed E-state index contributed by atoms with van der Waals surface area (Å²) in [5, 5.41) is 0. The summed E-state index contributed by atoms with van der Waals surface area (Å²) < 4.78 is 32.9. The van der Waals surface area contributed by atoms with E-state index in [2.05, 4.69) is 4.72 Å². The standard InChI is InChI=1S/C15H21NO4S/c1-3-14(17)12-6-4-7-13(10-12)21(18,19)16-11(2)15-8-5-9-20-15/h4,6-7,10-11,15-16H,3,5,8-9H2,1-2H3. The maximum atomic E-state index is 12.4. The fourth-order valence-corrected chi connectivity index (χ4v) is 3.74. The molecule has 0 amide bonds. The summed E-state index contributed by atoms with van der Waals surface area (Å²) in [7, 11) is -3.64. The lowest BCUT2D eigenvalue weighted by atomic mass is 10.1. The number of Topliss-reactive ketones (excluding diaryl/α,β-unsaturated/α-hetero) is 1. The molecule has 1 aromatic carbocycles. The van der Waals surface area contributed by atoms with E-state index in [0.29, 0.717) is 18.6 Å². The second-order valence-electron chi connectivity index (χ2n) is 5.27. The molecule has 2 atom stereocenters. The first-order chi connectivity index (χ1) is 9.94. The second kappa shape index (κ2) is 6.68. The topological polar surface area (TPSA) is 72.5 Å². The maximum Gasteiger partial charge on any atom is 0.240 e. The largest absolute Gasteiger partial charge is 0.377 e. The average Bonchev–Trinajstić information content (AvgIpc) is 3.00. The van der Waals surface area contributed by atoms with Crippen molar-refractivity contribution in [1.29, 1.82) is 0 Å². The predicted molar refractivity (Wildman–Crippen MR) is 79.8 cm³/mol. The molecule has 0 aliphatic carbocycles. The van der Waals surface area contributed by atoms with Crippen LogP contribution >= 0.6 is 0 Å². The highest BCUT2D eigenvalue weighted by Crippen LogP contribution is 2.18. The van der Waals surface area contributed by atoms with Crippen molar-refractivity contribution < 1.29 is 17.9 Å². The van der Waals surface area contributed by atoms with Gasteiger partial charge in [-0.3, -0.25) is 4.79 Å². The van der Waals surface area contributed by atoms with Gasteiger partial charge in [0.15, 0.2) is 5.78 Å². The number of hydrogen-bond donors (Lipinski definition) is 1. The van der Waals surface area contributed by atoms with E-state index in [-0.39, 0.29) is 22.8 Å². The highest BCUT2D eigenvalue weighted by molar-refractivity contribution is 7.89. The molecule has 2 unspecified atom stereocenters. The van der Waals surface area contributed by atoms with Gasteiger partial charge in [-0.1, -0.05) is 19.1 Å². The highest BCUT2D eigenvalue weighted by Gasteiger charge is 2.27. The molecular formula is C15H21NO4S. The number of carbonyl (C=O) groups is 1. The second-order valence-corrected chi connectivity index (χ2v) is 6.98. The Labute approximate surface area is 125 Å². The Bertz CT molecular complexity index is 606. The average molecular weight is 311 g/mol. The number of sulfonamides is 1. The van der Waals surface area contributed by atoms with Crippen LogP contribution in [0.3, 0.4) is 0 Å². The third-order valence-electron chi connectivity index (χ3n) is 3.65. The summed E-state index contributed by atoms with van der Waals surface area (Å²) in [6.45, 7) is 4.23. The quantitative estimate of drug-likeness (QED) is 0.817. The van der Waals surface area contributed by atoms with Crippen molar-refractivity contribution in [3.8, 4) is 0 Å². The number of ketones is 1. The van der Waals surface area contributed by atoms with Crippen molar-refractivity contribution in [3.63, 3.8) is 0 Å². The smallest absolute Gasteiger partial charge is 0.240 e. The van der Waals surface area contributed by atoms with Crippen LogP contribution in [0, 0.1) is 0 Å². The number of carbonyl (C=O) groups excluding carboxylic acids is 1. The van der Waals surface area contributed by atoms with E-state index >= 15 is 0 Å². The summed E-state index contributed by atoms with van der Waals surface area (Å²) in [6, 6.07) is 5.86. The SMILES string of the molecule is CCC(=O)c1cccc(S(=O)(=O)NC(C)C2CCCO2)c1. The summed E-state index contributed by atoms with van der Waals surface area (Å²) in [5.41, 5.74) is 0.421. The van der Waals surface area contributed by atoms with Crippen LogP contribution in [-0.4, -0.2) is 33.0 Å². The van der Waals surface area contributed by atoms with Gasteiger partial charge in [-0.15, -0.1) is 0 Å². The van der Waals surface area contributed by atoms with Crippen LogP contribution in [-0.2, 0) is 14.8 Å². The molecule has 21 heavy (non-hydrogen) atoms. The van der Waals surface area contributed by atoms with Crippen molar-refractivity contribution in [1.82, 2.24) is 4.72 Å². The minimum Gasteiger partial charge on any atom is -0.377 e. The zero-order valence-electron chi connectivity index (χ0n) is 12.3. The fraction of sp³-hybridized carbons (Fsp3) is 0.533. The highest BCUT2D eigenvalue weighted by atomic mass is 32.2. The predicted octanol–water partition coefficient (Wildman–Crippen LogP) is 2.13. The monoisotopic (exact) mass is 311 g/mol. The van der Waals surface area contributed by atoms with Crippen LogP contribution in [0.5, 0.6) is 0 Å². The summed E-state index contributed by atoms with van der Waals surface area (Å²) in [4.78, 5) is 11.8. The Balaban J connectivity index is 2.17. The minimum absolute atomic E-state index is 0.0702. The molecule has 6 heteroatoms. The summed E-state index contributed by atoms with van der Waals surface area (Å²) in [5.74, 6) is -0.0702. The number of benzene rings is 1. The van der Waals surface area contributed by atoms with Gasteiger partial charge in [-0.05, 0) is 31.9 Å². The van der Waals surface area contributed by atoms with Gasteiger partial charge < -0.3 is 4.74 Å². The van der Waals surface area contributed by atoms with Crippen molar-refractivity contribution in [2.24, 2.45) is 0 Å². The molecule has 1 saturated heterocycles. The minimum atomic E-state index is -3.64. The first kappa shape index (κ1) is 16.1. The van der Waals surface area contributed by atoms with Crippen LogP contribution < -0.4 is 4.72 Å². The number of rotatable bonds is 6. The summed E-state index contributed by atoms with van der Waals surface area (Å²) >= 11 is 0. The Kier molecular flexibility index (Phi) is 5.13. The lowest BCUT2D eigenvalue weighted by Gasteiger charge is -2.20. The third-order valence-corrected chi connectivity index (χ3v) is 5.21. The van der Waals surface area contributed by atoms with Gasteiger partial charge >= 0.3 is 0 Å². The lowest BCUT2D eigenvalue weighted by molar-refractivity contribution is 0.0902.